The number of carbonyl (C=O) groups excluding carboxylic acids is 2. The van der Waals surface area contributed by atoms with Gasteiger partial charge in [0.2, 0.25) is 5.91 Å². The number of amides is 3. The van der Waals surface area contributed by atoms with E-state index in [0.717, 1.165) is 25.7 Å². The number of urea groups is 1. The van der Waals surface area contributed by atoms with Crippen molar-refractivity contribution in [2.45, 2.75) is 44.2 Å². The summed E-state index contributed by atoms with van der Waals surface area (Å²) in [5.74, 6) is -0.319. The summed E-state index contributed by atoms with van der Waals surface area (Å²) in [5.41, 5.74) is -0.688. The van der Waals surface area contributed by atoms with Crippen molar-refractivity contribution in [2.75, 3.05) is 19.6 Å². The molecule has 18 heavy (non-hydrogen) atoms. The number of aliphatic hydroxyl groups is 1. The van der Waals surface area contributed by atoms with Gasteiger partial charge in [-0.15, -0.1) is 0 Å². The maximum Gasteiger partial charge on any atom is 0.321 e. The second kappa shape index (κ2) is 5.24. The van der Waals surface area contributed by atoms with Crippen molar-refractivity contribution >= 4 is 11.9 Å². The van der Waals surface area contributed by atoms with Crippen LogP contribution in [-0.2, 0) is 4.79 Å². The van der Waals surface area contributed by atoms with Gasteiger partial charge in [0.1, 0.15) is 0 Å². The number of carbonyl (C=O) groups is 2. The first kappa shape index (κ1) is 13.3. The van der Waals surface area contributed by atoms with E-state index < -0.39 is 11.6 Å². The molecular weight excluding hydrogens is 234 g/mol. The molecular formula is C12H21N3O3. The molecule has 3 N–H and O–H groups in total. The summed E-state index contributed by atoms with van der Waals surface area (Å²) in [5, 5.41) is 14.6. The van der Waals surface area contributed by atoms with Crippen LogP contribution < -0.4 is 10.6 Å². The first-order valence-corrected chi connectivity index (χ1v) is 6.50. The van der Waals surface area contributed by atoms with Crippen LogP contribution in [0.15, 0.2) is 0 Å². The molecule has 0 unspecified atom stereocenters. The van der Waals surface area contributed by atoms with Crippen LogP contribution >= 0.6 is 0 Å². The lowest BCUT2D eigenvalue weighted by molar-refractivity contribution is -0.129. The minimum Gasteiger partial charge on any atom is -0.388 e. The number of likely N-dealkylation sites (tertiary alicyclic amines) is 1. The Hall–Kier alpha value is -1.14. The lowest BCUT2D eigenvalue weighted by Crippen LogP contribution is -2.62. The molecule has 1 heterocycles. The van der Waals surface area contributed by atoms with Crippen molar-refractivity contribution < 1.29 is 14.7 Å². The van der Waals surface area contributed by atoms with E-state index in [-0.39, 0.29) is 18.5 Å². The Labute approximate surface area is 107 Å². The van der Waals surface area contributed by atoms with Crippen molar-refractivity contribution in [1.29, 1.82) is 0 Å². The average Bonchev–Trinajstić information content (AvgIpc) is 2.66. The maximum absolute atomic E-state index is 11.5. The van der Waals surface area contributed by atoms with Crippen LogP contribution in [0.1, 0.15) is 32.6 Å². The Kier molecular flexibility index (Phi) is 3.87. The number of β-amino-alcohol motifs (C(OH)–C–C–N with tert-alkyl or cyclic N) is 1. The van der Waals surface area contributed by atoms with Gasteiger partial charge in [-0.2, -0.15) is 0 Å². The molecule has 1 aliphatic heterocycles. The van der Waals surface area contributed by atoms with Crippen LogP contribution in [0.25, 0.3) is 0 Å². The third kappa shape index (κ3) is 3.68. The molecule has 0 spiro atoms. The molecule has 102 valence electrons. The molecule has 3 amide bonds. The van der Waals surface area contributed by atoms with Gasteiger partial charge in [-0.25, -0.2) is 4.79 Å². The molecule has 2 rings (SSSR count). The van der Waals surface area contributed by atoms with E-state index in [0.29, 0.717) is 13.1 Å². The van der Waals surface area contributed by atoms with Gasteiger partial charge >= 0.3 is 6.03 Å². The highest BCUT2D eigenvalue weighted by molar-refractivity contribution is 5.95. The van der Waals surface area contributed by atoms with E-state index in [1.165, 1.54) is 0 Å². The van der Waals surface area contributed by atoms with Gasteiger partial charge in [0.15, 0.2) is 0 Å². The molecule has 0 aromatic rings. The summed E-state index contributed by atoms with van der Waals surface area (Å²) in [7, 11) is 0. The van der Waals surface area contributed by atoms with Crippen molar-refractivity contribution in [2.24, 2.45) is 0 Å². The summed E-state index contributed by atoms with van der Waals surface area (Å²) >= 11 is 0. The Bertz CT molecular complexity index is 329. The standard InChI is InChI=1S/C12H21N3O3/c1-12(18)7-15(8-12)6-10(16)14-11(17)13-9-4-2-3-5-9/h9,18H,2-8H2,1H3,(H2,13,14,16,17). The SMILES string of the molecule is CC1(O)CN(CC(=O)NC(=O)NC2CCCC2)C1. The Morgan fingerprint density at radius 3 is 2.50 bits per heavy atom. The zero-order chi connectivity index (χ0) is 13.2. The molecule has 1 saturated heterocycles. The number of nitrogens with zero attached hydrogens (tertiary/aromatic N) is 1. The first-order valence-electron chi connectivity index (χ1n) is 6.50. The lowest BCUT2D eigenvalue weighted by Gasteiger charge is -2.43. The van der Waals surface area contributed by atoms with Gasteiger partial charge in [0, 0.05) is 19.1 Å². The zero-order valence-corrected chi connectivity index (χ0v) is 10.7. The summed E-state index contributed by atoms with van der Waals surface area (Å²) in [6, 6.07) is -0.193. The molecule has 0 bridgehead atoms. The molecule has 6 nitrogen and oxygen atoms in total. The largest absolute Gasteiger partial charge is 0.388 e. The predicted octanol–water partition coefficient (Wildman–Crippen LogP) is -0.179. The Balaban J connectivity index is 1.63. The molecule has 6 heteroatoms. The highest BCUT2D eigenvalue weighted by Crippen LogP contribution is 2.19. The average molecular weight is 255 g/mol. The maximum atomic E-state index is 11.5. The van der Waals surface area contributed by atoms with E-state index in [2.05, 4.69) is 10.6 Å². The molecule has 2 fully saturated rings. The van der Waals surface area contributed by atoms with Crippen molar-refractivity contribution in [3.05, 3.63) is 0 Å². The first-order chi connectivity index (χ1) is 8.44. The number of rotatable bonds is 3. The quantitative estimate of drug-likeness (QED) is 0.653. The van der Waals surface area contributed by atoms with Crippen LogP contribution in [0.3, 0.4) is 0 Å². The second-order valence-electron chi connectivity index (χ2n) is 5.65. The molecule has 1 saturated carbocycles. The zero-order valence-electron chi connectivity index (χ0n) is 10.7. The predicted molar refractivity (Wildman–Crippen MR) is 66.0 cm³/mol. The molecule has 0 radical (unpaired) electrons. The molecule has 1 aliphatic carbocycles. The molecule has 2 aliphatic rings. The van der Waals surface area contributed by atoms with E-state index in [4.69, 9.17) is 0 Å². The topological polar surface area (TPSA) is 81.7 Å². The third-order valence-corrected chi connectivity index (χ3v) is 3.44. The van der Waals surface area contributed by atoms with Crippen molar-refractivity contribution in [3.63, 3.8) is 0 Å². The summed E-state index contributed by atoms with van der Waals surface area (Å²) in [6.45, 7) is 2.85. The number of hydrogen-bond acceptors (Lipinski definition) is 4. The molecule has 0 aromatic heterocycles. The minimum absolute atomic E-state index is 0.161. The summed E-state index contributed by atoms with van der Waals surface area (Å²) in [4.78, 5) is 24.9. The Morgan fingerprint density at radius 1 is 1.33 bits per heavy atom. The van der Waals surface area contributed by atoms with E-state index in [9.17, 15) is 14.7 Å². The number of hydrogen-bond donors (Lipinski definition) is 3. The highest BCUT2D eigenvalue weighted by Gasteiger charge is 2.37. The molecule has 0 atom stereocenters. The van der Waals surface area contributed by atoms with Crippen molar-refractivity contribution in [1.82, 2.24) is 15.5 Å². The summed E-state index contributed by atoms with van der Waals surface area (Å²) < 4.78 is 0. The minimum atomic E-state index is -0.688. The van der Waals surface area contributed by atoms with Gasteiger partial charge in [-0.05, 0) is 19.8 Å². The smallest absolute Gasteiger partial charge is 0.321 e. The fraction of sp³-hybridized carbons (Fsp3) is 0.833. The van der Waals surface area contributed by atoms with Crippen LogP contribution in [0.4, 0.5) is 4.79 Å². The summed E-state index contributed by atoms with van der Waals surface area (Å²) in [6.07, 6.45) is 4.27. The highest BCUT2D eigenvalue weighted by atomic mass is 16.3. The third-order valence-electron chi connectivity index (χ3n) is 3.44. The van der Waals surface area contributed by atoms with Gasteiger partial charge < -0.3 is 10.4 Å². The van der Waals surface area contributed by atoms with Crippen molar-refractivity contribution in [3.8, 4) is 0 Å². The van der Waals surface area contributed by atoms with Crippen LogP contribution in [0, 0.1) is 0 Å². The lowest BCUT2D eigenvalue weighted by atomic mass is 9.97. The Morgan fingerprint density at radius 2 is 1.94 bits per heavy atom. The normalized spacial score (nSPS) is 23.4. The van der Waals surface area contributed by atoms with Crippen LogP contribution in [0.5, 0.6) is 0 Å². The van der Waals surface area contributed by atoms with Gasteiger partial charge in [-0.3, -0.25) is 15.0 Å². The van der Waals surface area contributed by atoms with Gasteiger partial charge in [0.25, 0.3) is 0 Å². The molecule has 0 aromatic carbocycles. The fourth-order valence-electron chi connectivity index (χ4n) is 2.69. The monoisotopic (exact) mass is 255 g/mol. The second-order valence-corrected chi connectivity index (χ2v) is 5.65. The van der Waals surface area contributed by atoms with E-state index in [1.54, 1.807) is 11.8 Å². The van der Waals surface area contributed by atoms with Gasteiger partial charge in [0.05, 0.1) is 12.1 Å². The van der Waals surface area contributed by atoms with E-state index >= 15 is 0 Å². The van der Waals surface area contributed by atoms with Gasteiger partial charge in [-0.1, -0.05) is 12.8 Å². The number of nitrogens with one attached hydrogen (secondary N) is 2. The fourth-order valence-corrected chi connectivity index (χ4v) is 2.69. The van der Waals surface area contributed by atoms with Crippen LogP contribution in [0.2, 0.25) is 0 Å². The van der Waals surface area contributed by atoms with Crippen LogP contribution in [-0.4, -0.2) is 53.2 Å². The van der Waals surface area contributed by atoms with E-state index in [1.807, 2.05) is 0 Å². The number of imide groups is 1.